The summed E-state index contributed by atoms with van der Waals surface area (Å²) in [5, 5.41) is 29.0. The highest BCUT2D eigenvalue weighted by atomic mass is 16.5. The first-order valence-electron chi connectivity index (χ1n) is 9.93. The highest BCUT2D eigenvalue weighted by Crippen LogP contribution is 2.45. The van der Waals surface area contributed by atoms with Crippen molar-refractivity contribution in [3.05, 3.63) is 12.2 Å². The molecule has 0 radical (unpaired) electrons. The third-order valence-corrected chi connectivity index (χ3v) is 5.62. The van der Waals surface area contributed by atoms with Crippen molar-refractivity contribution in [2.45, 2.75) is 95.5 Å². The van der Waals surface area contributed by atoms with Gasteiger partial charge in [0.15, 0.2) is 0 Å². The second-order valence-electron chi connectivity index (χ2n) is 7.66. The Bertz CT molecular complexity index is 436. The standard InChI is InChI=1S/C20H34O5/c1-2-3-4-7-14(21)10-11-16-17-12-15(8-5-6-9-20(23)24)25-19(17)13-18(16)22/h10-11,14-19,21-22H,2-9,12-13H2,1H3,(H,23,24)/b11-10+. The maximum Gasteiger partial charge on any atom is 0.303 e. The topological polar surface area (TPSA) is 87.0 Å². The maximum absolute atomic E-state index is 10.6. The van der Waals surface area contributed by atoms with Crippen LogP contribution in [0.2, 0.25) is 0 Å². The number of unbranched alkanes of at least 4 members (excludes halogenated alkanes) is 3. The van der Waals surface area contributed by atoms with Crippen molar-refractivity contribution in [1.82, 2.24) is 0 Å². The van der Waals surface area contributed by atoms with Crippen molar-refractivity contribution < 1.29 is 24.9 Å². The fourth-order valence-corrected chi connectivity index (χ4v) is 4.24. The molecule has 0 amide bonds. The van der Waals surface area contributed by atoms with E-state index in [0.717, 1.165) is 44.9 Å². The van der Waals surface area contributed by atoms with Crippen LogP contribution in [0, 0.1) is 11.8 Å². The molecule has 5 heteroatoms. The Kier molecular flexibility index (Phi) is 8.40. The molecule has 144 valence electrons. The second kappa shape index (κ2) is 10.3. The van der Waals surface area contributed by atoms with Crippen LogP contribution in [0.4, 0.5) is 0 Å². The summed E-state index contributed by atoms with van der Waals surface area (Å²) in [5.41, 5.74) is 0. The van der Waals surface area contributed by atoms with Gasteiger partial charge in [0.2, 0.25) is 0 Å². The molecule has 3 N–H and O–H groups in total. The second-order valence-corrected chi connectivity index (χ2v) is 7.66. The number of carbonyl (C=O) groups is 1. The zero-order valence-corrected chi connectivity index (χ0v) is 15.3. The Hall–Kier alpha value is -0.910. The van der Waals surface area contributed by atoms with Crippen LogP contribution >= 0.6 is 0 Å². The van der Waals surface area contributed by atoms with E-state index in [2.05, 4.69) is 6.92 Å². The van der Waals surface area contributed by atoms with Crippen LogP contribution in [0.25, 0.3) is 0 Å². The van der Waals surface area contributed by atoms with E-state index in [-0.39, 0.29) is 30.7 Å². The smallest absolute Gasteiger partial charge is 0.303 e. The molecule has 0 bridgehead atoms. The van der Waals surface area contributed by atoms with Gasteiger partial charge in [0.05, 0.1) is 24.4 Å². The van der Waals surface area contributed by atoms with Gasteiger partial charge in [0, 0.05) is 18.8 Å². The molecule has 2 aliphatic rings. The van der Waals surface area contributed by atoms with Crippen molar-refractivity contribution in [1.29, 1.82) is 0 Å². The number of aliphatic hydroxyl groups excluding tert-OH is 2. The molecule has 5 nitrogen and oxygen atoms in total. The van der Waals surface area contributed by atoms with Crippen molar-refractivity contribution in [2.24, 2.45) is 11.8 Å². The summed E-state index contributed by atoms with van der Waals surface area (Å²) in [5.74, 6) is -0.358. The molecule has 0 spiro atoms. The highest BCUT2D eigenvalue weighted by molar-refractivity contribution is 5.66. The van der Waals surface area contributed by atoms with Gasteiger partial charge in [-0.1, -0.05) is 44.8 Å². The van der Waals surface area contributed by atoms with Gasteiger partial charge < -0.3 is 20.1 Å². The highest BCUT2D eigenvalue weighted by Gasteiger charge is 2.47. The van der Waals surface area contributed by atoms with Gasteiger partial charge in [-0.3, -0.25) is 4.79 Å². The maximum atomic E-state index is 10.6. The summed E-state index contributed by atoms with van der Waals surface area (Å²) in [4.78, 5) is 10.6. The summed E-state index contributed by atoms with van der Waals surface area (Å²) < 4.78 is 6.08. The Morgan fingerprint density at radius 2 is 2.04 bits per heavy atom. The number of carboxylic acids is 1. The van der Waals surface area contributed by atoms with Crippen LogP contribution < -0.4 is 0 Å². The molecule has 1 aliphatic carbocycles. The van der Waals surface area contributed by atoms with E-state index < -0.39 is 12.1 Å². The molecule has 1 saturated carbocycles. The van der Waals surface area contributed by atoms with Gasteiger partial charge in [-0.15, -0.1) is 0 Å². The Labute approximate surface area is 151 Å². The van der Waals surface area contributed by atoms with Crippen molar-refractivity contribution in [3.8, 4) is 0 Å². The molecule has 2 rings (SSSR count). The van der Waals surface area contributed by atoms with Crippen LogP contribution in [0.1, 0.15) is 71.1 Å². The molecule has 2 fully saturated rings. The summed E-state index contributed by atoms with van der Waals surface area (Å²) in [6.45, 7) is 2.15. The predicted octanol–water partition coefficient (Wildman–Crippen LogP) is 3.28. The zero-order valence-electron chi connectivity index (χ0n) is 15.3. The molecule has 6 unspecified atom stereocenters. The monoisotopic (exact) mass is 354 g/mol. The van der Waals surface area contributed by atoms with Gasteiger partial charge in [-0.2, -0.15) is 0 Å². The molecule has 0 aromatic heterocycles. The van der Waals surface area contributed by atoms with Gasteiger partial charge in [0.25, 0.3) is 0 Å². The normalized spacial score (nSPS) is 33.0. The van der Waals surface area contributed by atoms with E-state index in [1.54, 1.807) is 0 Å². The number of ether oxygens (including phenoxy) is 1. The van der Waals surface area contributed by atoms with Crippen LogP contribution in [-0.4, -0.2) is 45.7 Å². The molecular formula is C20H34O5. The SMILES string of the molecule is CCCCCC(O)/C=C/C1C(O)CC2OC(CCCCC(=O)O)CC21. The minimum absolute atomic E-state index is 0.0647. The van der Waals surface area contributed by atoms with Crippen molar-refractivity contribution in [3.63, 3.8) is 0 Å². The molecular weight excluding hydrogens is 320 g/mol. The Morgan fingerprint density at radius 3 is 2.76 bits per heavy atom. The molecule has 1 aliphatic heterocycles. The lowest BCUT2D eigenvalue weighted by Gasteiger charge is -2.18. The zero-order chi connectivity index (χ0) is 18.2. The van der Waals surface area contributed by atoms with Gasteiger partial charge in [-0.25, -0.2) is 0 Å². The van der Waals surface area contributed by atoms with E-state index in [1.807, 2.05) is 12.2 Å². The van der Waals surface area contributed by atoms with Crippen LogP contribution in [0.5, 0.6) is 0 Å². The first-order valence-corrected chi connectivity index (χ1v) is 9.93. The van der Waals surface area contributed by atoms with E-state index in [0.29, 0.717) is 18.8 Å². The number of carboxylic acid groups (broad SMARTS) is 1. The molecule has 1 heterocycles. The molecule has 6 atom stereocenters. The van der Waals surface area contributed by atoms with E-state index >= 15 is 0 Å². The van der Waals surface area contributed by atoms with Crippen molar-refractivity contribution >= 4 is 5.97 Å². The average molecular weight is 354 g/mol. The number of aliphatic carboxylic acids is 1. The number of hydrogen-bond acceptors (Lipinski definition) is 4. The summed E-state index contributed by atoms with van der Waals surface area (Å²) in [6, 6.07) is 0. The van der Waals surface area contributed by atoms with E-state index in [9.17, 15) is 15.0 Å². The van der Waals surface area contributed by atoms with Crippen LogP contribution in [0.15, 0.2) is 12.2 Å². The van der Waals surface area contributed by atoms with Crippen LogP contribution in [0.3, 0.4) is 0 Å². The Morgan fingerprint density at radius 1 is 1.24 bits per heavy atom. The Balaban J connectivity index is 1.76. The quantitative estimate of drug-likeness (QED) is 0.391. The van der Waals surface area contributed by atoms with Crippen molar-refractivity contribution in [2.75, 3.05) is 0 Å². The third-order valence-electron chi connectivity index (χ3n) is 5.62. The number of aliphatic hydroxyl groups is 2. The van der Waals surface area contributed by atoms with Gasteiger partial charge in [-0.05, 0) is 31.6 Å². The lowest BCUT2D eigenvalue weighted by Crippen LogP contribution is -2.19. The molecule has 1 saturated heterocycles. The minimum atomic E-state index is -0.741. The average Bonchev–Trinajstić information content (AvgIpc) is 3.06. The fraction of sp³-hybridized carbons (Fsp3) is 0.850. The summed E-state index contributed by atoms with van der Waals surface area (Å²) in [7, 11) is 0. The third kappa shape index (κ3) is 6.39. The summed E-state index contributed by atoms with van der Waals surface area (Å²) >= 11 is 0. The number of hydrogen-bond donors (Lipinski definition) is 3. The molecule has 0 aromatic rings. The fourth-order valence-electron chi connectivity index (χ4n) is 4.24. The minimum Gasteiger partial charge on any atom is -0.481 e. The molecule has 0 aromatic carbocycles. The van der Waals surface area contributed by atoms with Gasteiger partial charge >= 0.3 is 5.97 Å². The van der Waals surface area contributed by atoms with Gasteiger partial charge in [0.1, 0.15) is 0 Å². The van der Waals surface area contributed by atoms with E-state index in [4.69, 9.17) is 9.84 Å². The lowest BCUT2D eigenvalue weighted by atomic mass is 9.89. The first kappa shape index (κ1) is 20.4. The first-order chi connectivity index (χ1) is 12.0. The summed E-state index contributed by atoms with van der Waals surface area (Å²) in [6.07, 6.45) is 11.7. The molecule has 25 heavy (non-hydrogen) atoms. The largest absolute Gasteiger partial charge is 0.481 e. The number of rotatable bonds is 11. The van der Waals surface area contributed by atoms with Crippen LogP contribution in [-0.2, 0) is 9.53 Å². The predicted molar refractivity (Wildman–Crippen MR) is 96.3 cm³/mol. The lowest BCUT2D eigenvalue weighted by molar-refractivity contribution is -0.137. The number of fused-ring (bicyclic) bond motifs is 1. The van der Waals surface area contributed by atoms with E-state index in [1.165, 1.54) is 0 Å².